The lowest BCUT2D eigenvalue weighted by atomic mass is 10.1. The van der Waals surface area contributed by atoms with E-state index in [1.807, 2.05) is 0 Å². The van der Waals surface area contributed by atoms with E-state index in [0.29, 0.717) is 67.8 Å². The molecule has 1 aromatic heterocycles. The molecule has 3 aromatic rings. The molecule has 0 spiro atoms. The second-order valence-corrected chi connectivity index (χ2v) is 10.2. The van der Waals surface area contributed by atoms with Crippen LogP contribution in [0.2, 0.25) is 0 Å². The number of sulfonamides is 1. The highest BCUT2D eigenvalue weighted by atomic mass is 32.2. The van der Waals surface area contributed by atoms with Crippen LogP contribution in [0.5, 0.6) is 0 Å². The molecule has 11 heteroatoms. The van der Waals surface area contributed by atoms with Gasteiger partial charge in [0, 0.05) is 32.7 Å². The largest absolute Gasteiger partial charge is 0.301 e. The SMILES string of the molecule is O=C1c2ccccc2C(=O)N1CCCN1CCN(S(=O)(=O)c2cccc3nsnc23)CC1. The van der Waals surface area contributed by atoms with Crippen molar-refractivity contribution in [3.63, 3.8) is 0 Å². The Morgan fingerprint density at radius 2 is 1.53 bits per heavy atom. The van der Waals surface area contributed by atoms with E-state index in [1.165, 1.54) is 9.21 Å². The number of rotatable bonds is 6. The molecule has 0 radical (unpaired) electrons. The smallest absolute Gasteiger partial charge is 0.261 e. The molecule has 0 aliphatic carbocycles. The molecule has 1 saturated heterocycles. The molecule has 5 rings (SSSR count). The molecular formula is C21H21N5O4S2. The summed E-state index contributed by atoms with van der Waals surface area (Å²) in [5, 5.41) is 0. The summed E-state index contributed by atoms with van der Waals surface area (Å²) in [5.41, 5.74) is 1.92. The first-order valence-electron chi connectivity index (χ1n) is 10.4. The van der Waals surface area contributed by atoms with E-state index in [4.69, 9.17) is 0 Å². The van der Waals surface area contributed by atoms with Crippen molar-refractivity contribution >= 4 is 44.6 Å². The fourth-order valence-corrected chi connectivity index (χ4v) is 6.39. The summed E-state index contributed by atoms with van der Waals surface area (Å²) in [5.74, 6) is -0.487. The van der Waals surface area contributed by atoms with E-state index in [-0.39, 0.29) is 16.7 Å². The van der Waals surface area contributed by atoms with Crippen LogP contribution in [0.3, 0.4) is 0 Å². The molecule has 1 fully saturated rings. The summed E-state index contributed by atoms with van der Waals surface area (Å²) in [4.78, 5) is 28.6. The van der Waals surface area contributed by atoms with Crippen molar-refractivity contribution in [2.45, 2.75) is 11.3 Å². The third-order valence-electron chi connectivity index (χ3n) is 5.93. The number of carbonyl (C=O) groups excluding carboxylic acids is 2. The molecule has 32 heavy (non-hydrogen) atoms. The molecular weight excluding hydrogens is 450 g/mol. The zero-order chi connectivity index (χ0) is 22.3. The number of benzene rings is 2. The average Bonchev–Trinajstić information content (AvgIpc) is 3.38. The van der Waals surface area contributed by atoms with E-state index >= 15 is 0 Å². The van der Waals surface area contributed by atoms with Crippen molar-refractivity contribution in [3.8, 4) is 0 Å². The minimum atomic E-state index is -3.65. The van der Waals surface area contributed by atoms with Crippen LogP contribution < -0.4 is 0 Å². The van der Waals surface area contributed by atoms with Gasteiger partial charge in [-0.25, -0.2) is 8.42 Å². The Balaban J connectivity index is 1.16. The molecule has 0 saturated carbocycles. The van der Waals surface area contributed by atoms with E-state index in [0.717, 1.165) is 11.7 Å². The van der Waals surface area contributed by atoms with E-state index in [9.17, 15) is 18.0 Å². The van der Waals surface area contributed by atoms with Gasteiger partial charge in [-0.1, -0.05) is 18.2 Å². The van der Waals surface area contributed by atoms with Gasteiger partial charge in [-0.15, -0.1) is 0 Å². The normalized spacial score (nSPS) is 17.9. The van der Waals surface area contributed by atoms with E-state index in [2.05, 4.69) is 13.6 Å². The minimum Gasteiger partial charge on any atom is -0.301 e. The summed E-state index contributed by atoms with van der Waals surface area (Å²) in [7, 11) is -3.65. The zero-order valence-electron chi connectivity index (χ0n) is 17.2. The van der Waals surface area contributed by atoms with Gasteiger partial charge in [-0.05, 0) is 37.2 Å². The molecule has 166 valence electrons. The van der Waals surface area contributed by atoms with Crippen molar-refractivity contribution in [3.05, 3.63) is 53.6 Å². The quantitative estimate of drug-likeness (QED) is 0.504. The van der Waals surface area contributed by atoms with Crippen LogP contribution in [0.15, 0.2) is 47.4 Å². The molecule has 2 aromatic carbocycles. The van der Waals surface area contributed by atoms with Gasteiger partial charge in [0.25, 0.3) is 11.8 Å². The van der Waals surface area contributed by atoms with Crippen LogP contribution in [0.1, 0.15) is 27.1 Å². The van der Waals surface area contributed by atoms with E-state index in [1.54, 1.807) is 42.5 Å². The molecule has 2 amide bonds. The fraction of sp³-hybridized carbons (Fsp3) is 0.333. The Morgan fingerprint density at radius 1 is 0.844 bits per heavy atom. The number of hydrogen-bond acceptors (Lipinski definition) is 8. The second kappa shape index (κ2) is 8.32. The van der Waals surface area contributed by atoms with Crippen LogP contribution in [0.25, 0.3) is 11.0 Å². The second-order valence-electron chi connectivity index (χ2n) is 7.79. The third-order valence-corrected chi connectivity index (χ3v) is 8.41. The molecule has 2 aliphatic heterocycles. The average molecular weight is 472 g/mol. The van der Waals surface area contributed by atoms with Crippen LogP contribution >= 0.6 is 11.7 Å². The van der Waals surface area contributed by atoms with Gasteiger partial charge in [0.2, 0.25) is 10.0 Å². The van der Waals surface area contributed by atoms with Crippen LogP contribution in [-0.4, -0.2) is 82.4 Å². The van der Waals surface area contributed by atoms with Crippen molar-refractivity contribution in [2.24, 2.45) is 0 Å². The van der Waals surface area contributed by atoms with E-state index < -0.39 is 10.0 Å². The van der Waals surface area contributed by atoms with Crippen LogP contribution in [0, 0.1) is 0 Å². The number of aromatic nitrogens is 2. The predicted octanol–water partition coefficient (Wildman–Crippen LogP) is 1.68. The summed E-state index contributed by atoms with van der Waals surface area (Å²) in [6, 6.07) is 11.9. The number of nitrogens with zero attached hydrogens (tertiary/aromatic N) is 5. The first kappa shape index (κ1) is 21.1. The number of hydrogen-bond donors (Lipinski definition) is 0. The van der Waals surface area contributed by atoms with Crippen molar-refractivity contribution in [1.82, 2.24) is 22.9 Å². The molecule has 0 N–H and O–H groups in total. The number of amides is 2. The van der Waals surface area contributed by atoms with Gasteiger partial charge in [0.05, 0.1) is 22.9 Å². The van der Waals surface area contributed by atoms with Crippen molar-refractivity contribution in [2.75, 3.05) is 39.3 Å². The molecule has 3 heterocycles. The highest BCUT2D eigenvalue weighted by Gasteiger charge is 2.35. The summed E-state index contributed by atoms with van der Waals surface area (Å²) >= 11 is 1.00. The molecule has 2 aliphatic rings. The van der Waals surface area contributed by atoms with Gasteiger partial charge in [-0.2, -0.15) is 13.1 Å². The Morgan fingerprint density at radius 3 is 2.22 bits per heavy atom. The predicted molar refractivity (Wildman–Crippen MR) is 119 cm³/mol. The molecule has 0 bridgehead atoms. The third kappa shape index (κ3) is 3.60. The zero-order valence-corrected chi connectivity index (χ0v) is 18.8. The topological polar surface area (TPSA) is 104 Å². The Hall–Kier alpha value is -2.73. The molecule has 0 unspecified atom stereocenters. The summed E-state index contributed by atoms with van der Waals surface area (Å²) in [6.07, 6.45) is 0.641. The standard InChI is InChI=1S/C21H21N5O4S2/c27-20-15-5-1-2-6-16(15)21(28)26(20)10-4-9-24-11-13-25(14-12-24)32(29,30)18-8-3-7-17-19(18)23-31-22-17/h1-3,5-8H,4,9-14H2. The molecule has 9 nitrogen and oxygen atoms in total. The lowest BCUT2D eigenvalue weighted by Gasteiger charge is -2.34. The highest BCUT2D eigenvalue weighted by molar-refractivity contribution is 7.89. The highest BCUT2D eigenvalue weighted by Crippen LogP contribution is 2.25. The summed E-state index contributed by atoms with van der Waals surface area (Å²) < 4.78 is 36.0. The summed E-state index contributed by atoms with van der Waals surface area (Å²) in [6.45, 7) is 2.97. The van der Waals surface area contributed by atoms with Crippen molar-refractivity contribution in [1.29, 1.82) is 0 Å². The lowest BCUT2D eigenvalue weighted by molar-refractivity contribution is 0.0644. The number of imide groups is 1. The lowest BCUT2D eigenvalue weighted by Crippen LogP contribution is -2.49. The van der Waals surface area contributed by atoms with Gasteiger partial charge in [0.15, 0.2) is 0 Å². The Kier molecular flexibility index (Phi) is 5.49. The van der Waals surface area contributed by atoms with Crippen LogP contribution in [0.4, 0.5) is 0 Å². The van der Waals surface area contributed by atoms with Gasteiger partial charge < -0.3 is 4.90 Å². The van der Waals surface area contributed by atoms with Crippen LogP contribution in [-0.2, 0) is 10.0 Å². The Labute approximate surface area is 189 Å². The fourth-order valence-electron chi connectivity index (χ4n) is 4.22. The maximum absolute atomic E-state index is 13.1. The minimum absolute atomic E-state index is 0.197. The Bertz CT molecular complexity index is 1260. The maximum Gasteiger partial charge on any atom is 0.261 e. The van der Waals surface area contributed by atoms with Gasteiger partial charge in [0.1, 0.15) is 15.9 Å². The number of fused-ring (bicyclic) bond motifs is 2. The van der Waals surface area contributed by atoms with Crippen molar-refractivity contribution < 1.29 is 18.0 Å². The number of carbonyl (C=O) groups is 2. The van der Waals surface area contributed by atoms with Gasteiger partial charge in [-0.3, -0.25) is 14.5 Å². The number of piperazine rings is 1. The monoisotopic (exact) mass is 471 g/mol. The first-order chi connectivity index (χ1) is 15.5. The maximum atomic E-state index is 13.1. The molecule has 0 atom stereocenters. The van der Waals surface area contributed by atoms with Gasteiger partial charge >= 0.3 is 0 Å². The first-order valence-corrected chi connectivity index (χ1v) is 12.5.